The summed E-state index contributed by atoms with van der Waals surface area (Å²) in [5, 5.41) is 13.7. The van der Waals surface area contributed by atoms with Gasteiger partial charge in [0, 0.05) is 22.0 Å². The van der Waals surface area contributed by atoms with Crippen LogP contribution in [0.5, 0.6) is 0 Å². The van der Waals surface area contributed by atoms with Crippen LogP contribution in [0, 0.1) is 24.0 Å². The molecule has 0 aliphatic heterocycles. The third-order valence-corrected chi connectivity index (χ3v) is 3.77. The van der Waals surface area contributed by atoms with Gasteiger partial charge in [-0.05, 0) is 25.5 Å². The van der Waals surface area contributed by atoms with Gasteiger partial charge in [0.2, 0.25) is 0 Å². The first kappa shape index (κ1) is 12.5. The van der Waals surface area contributed by atoms with Crippen LogP contribution in [-0.4, -0.2) is 9.91 Å². The van der Waals surface area contributed by atoms with Crippen LogP contribution in [0.2, 0.25) is 0 Å². The summed E-state index contributed by atoms with van der Waals surface area (Å²) in [7, 11) is 0. The molecule has 0 saturated heterocycles. The van der Waals surface area contributed by atoms with Crippen molar-refractivity contribution in [3.8, 4) is 0 Å². The average molecular weight is 263 g/mol. The van der Waals surface area contributed by atoms with Crippen LogP contribution >= 0.6 is 11.3 Å². The van der Waals surface area contributed by atoms with E-state index in [1.165, 1.54) is 33.6 Å². The smallest absolute Gasteiger partial charge is 0.274 e. The maximum atomic E-state index is 10.6. The number of pyridine rings is 1. The van der Waals surface area contributed by atoms with Crippen molar-refractivity contribution < 1.29 is 4.92 Å². The first-order chi connectivity index (χ1) is 8.56. The fourth-order valence-corrected chi connectivity index (χ4v) is 2.54. The second-order valence-electron chi connectivity index (χ2n) is 3.96. The quantitative estimate of drug-likeness (QED) is 0.679. The summed E-state index contributed by atoms with van der Waals surface area (Å²) < 4.78 is 0. The van der Waals surface area contributed by atoms with E-state index in [2.05, 4.69) is 30.2 Å². The van der Waals surface area contributed by atoms with Gasteiger partial charge in [-0.25, -0.2) is 4.98 Å². The molecule has 0 amide bonds. The number of nitrogens with zero attached hydrogens (tertiary/aromatic N) is 2. The minimum absolute atomic E-state index is 0.0473. The summed E-state index contributed by atoms with van der Waals surface area (Å²) in [5.41, 5.74) is 1.31. The zero-order valence-electron chi connectivity index (χ0n) is 10.1. The lowest BCUT2D eigenvalue weighted by molar-refractivity contribution is -0.384. The fraction of sp³-hybridized carbons (Fsp3) is 0.250. The Morgan fingerprint density at radius 3 is 2.83 bits per heavy atom. The molecule has 18 heavy (non-hydrogen) atoms. The Morgan fingerprint density at radius 1 is 1.44 bits per heavy atom. The van der Waals surface area contributed by atoms with Gasteiger partial charge in [0.15, 0.2) is 0 Å². The van der Waals surface area contributed by atoms with Gasteiger partial charge in [0.05, 0.1) is 17.5 Å². The molecule has 0 aliphatic rings. The summed E-state index contributed by atoms with van der Waals surface area (Å²) in [6.45, 7) is 4.78. The number of rotatable bonds is 4. The van der Waals surface area contributed by atoms with Crippen molar-refractivity contribution >= 4 is 22.8 Å². The molecule has 2 aromatic rings. The van der Waals surface area contributed by atoms with E-state index in [9.17, 15) is 10.1 Å². The molecule has 94 valence electrons. The van der Waals surface area contributed by atoms with Crippen LogP contribution in [0.25, 0.3) is 0 Å². The maximum absolute atomic E-state index is 10.6. The Hall–Kier alpha value is -1.95. The van der Waals surface area contributed by atoms with Gasteiger partial charge >= 0.3 is 0 Å². The van der Waals surface area contributed by atoms with Gasteiger partial charge in [0.1, 0.15) is 5.82 Å². The van der Waals surface area contributed by atoms with Gasteiger partial charge in [0.25, 0.3) is 5.69 Å². The summed E-state index contributed by atoms with van der Waals surface area (Å²) >= 11 is 1.72. The summed E-state index contributed by atoms with van der Waals surface area (Å²) in [6, 6.07) is 4.93. The largest absolute Gasteiger partial charge is 0.365 e. The molecule has 0 saturated carbocycles. The van der Waals surface area contributed by atoms with Crippen molar-refractivity contribution in [3.63, 3.8) is 0 Å². The van der Waals surface area contributed by atoms with Crippen molar-refractivity contribution in [1.82, 2.24) is 4.98 Å². The zero-order chi connectivity index (χ0) is 13.1. The normalized spacial score (nSPS) is 10.3. The van der Waals surface area contributed by atoms with Crippen molar-refractivity contribution in [3.05, 3.63) is 49.8 Å². The van der Waals surface area contributed by atoms with Crippen LogP contribution in [0.3, 0.4) is 0 Å². The van der Waals surface area contributed by atoms with Crippen molar-refractivity contribution in [2.45, 2.75) is 20.4 Å². The van der Waals surface area contributed by atoms with E-state index in [0.717, 1.165) is 0 Å². The van der Waals surface area contributed by atoms with Gasteiger partial charge in [-0.1, -0.05) is 0 Å². The number of aryl methyl sites for hydroxylation is 2. The molecule has 0 radical (unpaired) electrons. The average Bonchev–Trinajstić information content (AvgIpc) is 2.67. The number of nitro groups is 1. The number of hydrogen-bond donors (Lipinski definition) is 1. The first-order valence-electron chi connectivity index (χ1n) is 5.46. The maximum Gasteiger partial charge on any atom is 0.274 e. The molecule has 0 unspecified atom stereocenters. The van der Waals surface area contributed by atoms with Crippen molar-refractivity contribution in [2.24, 2.45) is 0 Å². The third-order valence-electron chi connectivity index (χ3n) is 2.62. The molecule has 2 rings (SSSR count). The molecular weight excluding hydrogens is 250 g/mol. The second-order valence-corrected chi connectivity index (χ2v) is 5.30. The Kier molecular flexibility index (Phi) is 3.57. The highest BCUT2D eigenvalue weighted by Gasteiger charge is 2.07. The highest BCUT2D eigenvalue weighted by Crippen LogP contribution is 2.22. The number of thiophene rings is 1. The van der Waals surface area contributed by atoms with Crippen LogP contribution < -0.4 is 5.32 Å². The van der Waals surface area contributed by atoms with Gasteiger partial charge < -0.3 is 5.32 Å². The summed E-state index contributed by atoms with van der Waals surface area (Å²) in [4.78, 5) is 16.7. The van der Waals surface area contributed by atoms with E-state index in [0.29, 0.717) is 12.4 Å². The molecule has 6 heteroatoms. The first-order valence-corrected chi connectivity index (χ1v) is 6.28. The van der Waals surface area contributed by atoms with Crippen LogP contribution in [0.4, 0.5) is 11.5 Å². The molecule has 2 aromatic heterocycles. The van der Waals surface area contributed by atoms with Crippen LogP contribution in [0.15, 0.2) is 24.4 Å². The lowest BCUT2D eigenvalue weighted by Gasteiger charge is -2.02. The Morgan fingerprint density at radius 2 is 2.22 bits per heavy atom. The molecule has 0 aromatic carbocycles. The van der Waals surface area contributed by atoms with E-state index in [1.807, 2.05) is 0 Å². The molecule has 1 N–H and O–H groups in total. The summed E-state index contributed by atoms with van der Waals surface area (Å²) in [5.74, 6) is 0.521. The van der Waals surface area contributed by atoms with Crippen molar-refractivity contribution in [2.75, 3.05) is 5.32 Å². The van der Waals surface area contributed by atoms with Gasteiger partial charge in [-0.2, -0.15) is 0 Å². The molecule has 0 fully saturated rings. The number of anilines is 1. The predicted molar refractivity (Wildman–Crippen MR) is 72.0 cm³/mol. The van der Waals surface area contributed by atoms with Gasteiger partial charge in [-0.3, -0.25) is 10.1 Å². The molecule has 2 heterocycles. The van der Waals surface area contributed by atoms with Gasteiger partial charge in [-0.15, -0.1) is 11.3 Å². The Balaban J connectivity index is 2.06. The fourth-order valence-electron chi connectivity index (χ4n) is 1.54. The number of hydrogen-bond acceptors (Lipinski definition) is 5. The van der Waals surface area contributed by atoms with E-state index in [1.54, 1.807) is 11.3 Å². The van der Waals surface area contributed by atoms with E-state index >= 15 is 0 Å². The molecule has 0 atom stereocenters. The molecule has 0 aliphatic carbocycles. The lowest BCUT2D eigenvalue weighted by Crippen LogP contribution is -2.00. The second kappa shape index (κ2) is 5.14. The Bertz CT molecular complexity index is 561. The monoisotopic (exact) mass is 263 g/mol. The minimum Gasteiger partial charge on any atom is -0.365 e. The standard InChI is InChI=1S/C12H13N3O2S/c1-8-5-11(18-9(8)2)7-14-12-6-10(15(16)17)3-4-13-12/h3-6H,7H2,1-2H3,(H,13,14). The van der Waals surface area contributed by atoms with Crippen molar-refractivity contribution in [1.29, 1.82) is 0 Å². The molecule has 5 nitrogen and oxygen atoms in total. The zero-order valence-corrected chi connectivity index (χ0v) is 11.0. The van der Waals surface area contributed by atoms with E-state index < -0.39 is 4.92 Å². The number of aromatic nitrogens is 1. The van der Waals surface area contributed by atoms with Crippen LogP contribution in [0.1, 0.15) is 15.3 Å². The Labute approximate surface area is 109 Å². The topological polar surface area (TPSA) is 68.1 Å². The van der Waals surface area contributed by atoms with E-state index in [-0.39, 0.29) is 5.69 Å². The molecule has 0 spiro atoms. The minimum atomic E-state index is -0.424. The lowest BCUT2D eigenvalue weighted by atomic mass is 10.3. The SMILES string of the molecule is Cc1cc(CNc2cc([N+](=O)[O-])ccn2)sc1C. The predicted octanol–water partition coefficient (Wildman–Crippen LogP) is 3.28. The third kappa shape index (κ3) is 2.84. The molecule has 0 bridgehead atoms. The highest BCUT2D eigenvalue weighted by molar-refractivity contribution is 7.12. The molecular formula is C12H13N3O2S. The van der Waals surface area contributed by atoms with Crippen LogP contribution in [-0.2, 0) is 6.54 Å². The highest BCUT2D eigenvalue weighted by atomic mass is 32.1. The number of nitrogens with one attached hydrogen (secondary N) is 1. The summed E-state index contributed by atoms with van der Waals surface area (Å²) in [6.07, 6.45) is 1.44. The van der Waals surface area contributed by atoms with E-state index in [4.69, 9.17) is 0 Å².